The fourth-order valence-electron chi connectivity index (χ4n) is 1.88. The van der Waals surface area contributed by atoms with E-state index < -0.39 is 0 Å². The average Bonchev–Trinajstić information content (AvgIpc) is 3.18. The molecular formula is C13H13N3O3S. The van der Waals surface area contributed by atoms with Gasteiger partial charge in [-0.25, -0.2) is 0 Å². The first kappa shape index (κ1) is 13.0. The van der Waals surface area contributed by atoms with E-state index in [0.29, 0.717) is 10.9 Å². The number of carbonyl (C=O) groups excluding carboxylic acids is 1. The molecule has 6 nitrogen and oxygen atoms in total. The van der Waals surface area contributed by atoms with Gasteiger partial charge in [-0.2, -0.15) is 0 Å². The summed E-state index contributed by atoms with van der Waals surface area (Å²) in [7, 11) is 0. The molecule has 1 fully saturated rings. The van der Waals surface area contributed by atoms with Crippen molar-refractivity contribution >= 4 is 28.5 Å². The van der Waals surface area contributed by atoms with Gasteiger partial charge in [-0.3, -0.25) is 10.1 Å². The Morgan fingerprint density at radius 3 is 3.20 bits per heavy atom. The van der Waals surface area contributed by atoms with Crippen LogP contribution in [0.5, 0.6) is 0 Å². The van der Waals surface area contributed by atoms with Gasteiger partial charge >= 0.3 is 0 Å². The van der Waals surface area contributed by atoms with Crippen molar-refractivity contribution in [3.8, 4) is 0 Å². The fourth-order valence-corrected chi connectivity index (χ4v) is 2.71. The number of nitrogens with zero attached hydrogens (tertiary/aromatic N) is 2. The minimum absolute atomic E-state index is 0.0248. The SMILES string of the molecule is O=C(/C=C/c1ccco1)Nc1nnc(C2CCCO2)s1. The lowest BCUT2D eigenvalue weighted by molar-refractivity contribution is -0.111. The Morgan fingerprint density at radius 1 is 1.50 bits per heavy atom. The van der Waals surface area contributed by atoms with Gasteiger partial charge in [-0.05, 0) is 31.1 Å². The number of hydrogen-bond acceptors (Lipinski definition) is 6. The summed E-state index contributed by atoms with van der Waals surface area (Å²) in [5.41, 5.74) is 0. The number of rotatable bonds is 4. The van der Waals surface area contributed by atoms with Crippen LogP contribution in [0.15, 0.2) is 28.9 Å². The van der Waals surface area contributed by atoms with Crippen LogP contribution in [0.2, 0.25) is 0 Å². The summed E-state index contributed by atoms with van der Waals surface area (Å²) in [5.74, 6) is 0.355. The quantitative estimate of drug-likeness (QED) is 0.876. The van der Waals surface area contributed by atoms with E-state index >= 15 is 0 Å². The first-order valence-electron chi connectivity index (χ1n) is 6.29. The molecule has 1 unspecified atom stereocenters. The molecule has 0 bridgehead atoms. The molecule has 0 saturated carbocycles. The summed E-state index contributed by atoms with van der Waals surface area (Å²) in [6, 6.07) is 3.53. The Kier molecular flexibility index (Phi) is 3.89. The molecule has 1 atom stereocenters. The lowest BCUT2D eigenvalue weighted by Gasteiger charge is -2.01. The lowest BCUT2D eigenvalue weighted by atomic mass is 10.2. The smallest absolute Gasteiger partial charge is 0.250 e. The number of hydrogen-bond donors (Lipinski definition) is 1. The number of furan rings is 1. The predicted octanol–water partition coefficient (Wildman–Crippen LogP) is 2.63. The van der Waals surface area contributed by atoms with Crippen molar-refractivity contribution in [1.29, 1.82) is 0 Å². The molecule has 20 heavy (non-hydrogen) atoms. The second-order valence-electron chi connectivity index (χ2n) is 4.29. The molecule has 0 spiro atoms. The van der Waals surface area contributed by atoms with E-state index in [0.717, 1.165) is 24.5 Å². The molecule has 3 heterocycles. The molecule has 7 heteroatoms. The molecule has 3 rings (SSSR count). The number of amides is 1. The van der Waals surface area contributed by atoms with Gasteiger partial charge < -0.3 is 9.15 Å². The van der Waals surface area contributed by atoms with Gasteiger partial charge in [0.25, 0.3) is 0 Å². The van der Waals surface area contributed by atoms with Crippen LogP contribution in [0.25, 0.3) is 6.08 Å². The first-order chi connectivity index (χ1) is 9.81. The zero-order valence-corrected chi connectivity index (χ0v) is 11.4. The Bertz CT molecular complexity index is 600. The summed E-state index contributed by atoms with van der Waals surface area (Å²) in [5, 5.41) is 12.0. The summed E-state index contributed by atoms with van der Waals surface area (Å²) in [6.45, 7) is 0.762. The summed E-state index contributed by atoms with van der Waals surface area (Å²) in [6.07, 6.45) is 6.56. The monoisotopic (exact) mass is 291 g/mol. The molecule has 2 aromatic heterocycles. The third-order valence-corrected chi connectivity index (χ3v) is 3.75. The van der Waals surface area contributed by atoms with Crippen LogP contribution in [0, 0.1) is 0 Å². The van der Waals surface area contributed by atoms with Gasteiger partial charge in [0, 0.05) is 12.7 Å². The van der Waals surface area contributed by atoms with Gasteiger partial charge in [-0.1, -0.05) is 11.3 Å². The van der Waals surface area contributed by atoms with E-state index in [4.69, 9.17) is 9.15 Å². The lowest BCUT2D eigenvalue weighted by Crippen LogP contribution is -2.07. The Balaban J connectivity index is 1.58. The van der Waals surface area contributed by atoms with E-state index in [2.05, 4.69) is 15.5 Å². The molecule has 2 aromatic rings. The maximum absolute atomic E-state index is 11.7. The summed E-state index contributed by atoms with van der Waals surface area (Å²) >= 11 is 1.35. The van der Waals surface area contributed by atoms with Crippen LogP contribution in [0.1, 0.15) is 29.7 Å². The highest BCUT2D eigenvalue weighted by Crippen LogP contribution is 2.31. The minimum atomic E-state index is -0.267. The van der Waals surface area contributed by atoms with Gasteiger partial charge in [-0.15, -0.1) is 10.2 Å². The number of aromatic nitrogens is 2. The average molecular weight is 291 g/mol. The number of nitrogens with one attached hydrogen (secondary N) is 1. The maximum Gasteiger partial charge on any atom is 0.250 e. The molecule has 1 amide bonds. The zero-order valence-electron chi connectivity index (χ0n) is 10.6. The molecule has 0 radical (unpaired) electrons. The summed E-state index contributed by atoms with van der Waals surface area (Å²) < 4.78 is 10.6. The van der Waals surface area contributed by atoms with E-state index in [1.54, 1.807) is 24.5 Å². The Morgan fingerprint density at radius 2 is 2.45 bits per heavy atom. The Labute approximate surface area is 119 Å². The molecule has 1 aliphatic rings. The van der Waals surface area contributed by atoms with E-state index in [-0.39, 0.29) is 12.0 Å². The second kappa shape index (κ2) is 5.98. The van der Waals surface area contributed by atoms with E-state index in [1.165, 1.54) is 17.4 Å². The van der Waals surface area contributed by atoms with Crippen LogP contribution in [-0.2, 0) is 9.53 Å². The predicted molar refractivity (Wildman–Crippen MR) is 74.2 cm³/mol. The van der Waals surface area contributed by atoms with Crippen LogP contribution in [0.4, 0.5) is 5.13 Å². The highest BCUT2D eigenvalue weighted by molar-refractivity contribution is 7.15. The van der Waals surface area contributed by atoms with Crippen molar-refractivity contribution in [2.75, 3.05) is 11.9 Å². The normalized spacial score (nSPS) is 18.7. The van der Waals surface area contributed by atoms with Crippen molar-refractivity contribution < 1.29 is 13.9 Å². The Hall–Kier alpha value is -1.99. The highest BCUT2D eigenvalue weighted by Gasteiger charge is 2.22. The third kappa shape index (κ3) is 3.12. The number of ether oxygens (including phenoxy) is 1. The largest absolute Gasteiger partial charge is 0.465 e. The van der Waals surface area contributed by atoms with Gasteiger partial charge in [0.2, 0.25) is 11.0 Å². The molecular weight excluding hydrogens is 278 g/mol. The second-order valence-corrected chi connectivity index (χ2v) is 5.29. The molecule has 1 saturated heterocycles. The topological polar surface area (TPSA) is 77.3 Å². The number of carbonyl (C=O) groups is 1. The van der Waals surface area contributed by atoms with Crippen molar-refractivity contribution in [2.45, 2.75) is 18.9 Å². The minimum Gasteiger partial charge on any atom is -0.465 e. The molecule has 104 valence electrons. The fraction of sp³-hybridized carbons (Fsp3) is 0.308. The van der Waals surface area contributed by atoms with Crippen LogP contribution in [0.3, 0.4) is 0 Å². The molecule has 1 aliphatic heterocycles. The summed E-state index contributed by atoms with van der Waals surface area (Å²) in [4.78, 5) is 11.7. The van der Waals surface area contributed by atoms with Gasteiger partial charge in [0.1, 0.15) is 16.9 Å². The molecule has 1 N–H and O–H groups in total. The number of anilines is 1. The van der Waals surface area contributed by atoms with Gasteiger partial charge in [0.15, 0.2) is 0 Å². The van der Waals surface area contributed by atoms with Crippen LogP contribution >= 0.6 is 11.3 Å². The maximum atomic E-state index is 11.7. The molecule has 0 aromatic carbocycles. The first-order valence-corrected chi connectivity index (χ1v) is 7.10. The van der Waals surface area contributed by atoms with E-state index in [1.807, 2.05) is 0 Å². The van der Waals surface area contributed by atoms with Crippen LogP contribution in [-0.4, -0.2) is 22.7 Å². The van der Waals surface area contributed by atoms with Crippen molar-refractivity contribution in [2.24, 2.45) is 0 Å². The van der Waals surface area contributed by atoms with Crippen molar-refractivity contribution in [1.82, 2.24) is 10.2 Å². The van der Waals surface area contributed by atoms with Crippen molar-refractivity contribution in [3.63, 3.8) is 0 Å². The zero-order chi connectivity index (χ0) is 13.8. The van der Waals surface area contributed by atoms with Crippen molar-refractivity contribution in [3.05, 3.63) is 35.2 Å². The van der Waals surface area contributed by atoms with Crippen LogP contribution < -0.4 is 5.32 Å². The third-order valence-electron chi connectivity index (χ3n) is 2.82. The molecule has 0 aliphatic carbocycles. The standard InChI is InChI=1S/C13H13N3O3S/c17-11(6-5-9-3-1-7-18-9)14-13-16-15-12(20-13)10-4-2-8-19-10/h1,3,5-7,10H,2,4,8H2,(H,14,16,17)/b6-5+. The highest BCUT2D eigenvalue weighted by atomic mass is 32.1. The van der Waals surface area contributed by atoms with E-state index in [9.17, 15) is 4.79 Å². The van der Waals surface area contributed by atoms with Gasteiger partial charge in [0.05, 0.1) is 6.26 Å².